The first kappa shape index (κ1) is 19.1. The Morgan fingerprint density at radius 2 is 1.72 bits per heavy atom. The minimum atomic E-state index is -0.985. The third-order valence-electron chi connectivity index (χ3n) is 5.12. The predicted octanol–water partition coefficient (Wildman–Crippen LogP) is 3.50. The summed E-state index contributed by atoms with van der Waals surface area (Å²) < 4.78 is 18.6. The fourth-order valence-electron chi connectivity index (χ4n) is 3.56. The van der Waals surface area contributed by atoms with Gasteiger partial charge in [0.2, 0.25) is 0 Å². The van der Waals surface area contributed by atoms with Gasteiger partial charge in [-0.2, -0.15) is 0 Å². The van der Waals surface area contributed by atoms with E-state index in [0.29, 0.717) is 37.4 Å². The molecule has 1 aromatic heterocycles. The van der Waals surface area contributed by atoms with Crippen LogP contribution in [0.25, 0.3) is 11.3 Å². The van der Waals surface area contributed by atoms with Gasteiger partial charge in [-0.25, -0.2) is 4.39 Å². The van der Waals surface area contributed by atoms with Gasteiger partial charge in [-0.15, -0.1) is 0 Å². The molecule has 150 valence electrons. The van der Waals surface area contributed by atoms with Crippen LogP contribution in [0.5, 0.6) is 0 Å². The number of piperazine rings is 1. The average Bonchev–Trinajstić information content (AvgIpc) is 3.20. The molecule has 0 spiro atoms. The zero-order valence-corrected chi connectivity index (χ0v) is 16.1. The number of anilines is 1. The molecule has 1 saturated heterocycles. The maximum Gasteiger partial charge on any atom is 0.259 e. The fourth-order valence-corrected chi connectivity index (χ4v) is 3.56. The minimum Gasteiger partial charge on any atom is -0.385 e. The van der Waals surface area contributed by atoms with Crippen molar-refractivity contribution in [1.82, 2.24) is 10.1 Å². The lowest BCUT2D eigenvalue weighted by atomic mass is 10.0. The predicted molar refractivity (Wildman–Crippen MR) is 107 cm³/mol. The number of halogens is 1. The lowest BCUT2D eigenvalue weighted by molar-refractivity contribution is 0.0735. The molecule has 4 rings (SSSR count). The number of rotatable bonds is 4. The van der Waals surface area contributed by atoms with Gasteiger partial charge in [0, 0.05) is 37.4 Å². The molecule has 0 aliphatic carbocycles. The molecule has 1 aliphatic rings. The van der Waals surface area contributed by atoms with Gasteiger partial charge in [-0.05, 0) is 43.3 Å². The Morgan fingerprint density at radius 1 is 1.07 bits per heavy atom. The Balaban J connectivity index is 1.58. The van der Waals surface area contributed by atoms with Crippen molar-refractivity contribution in [2.24, 2.45) is 0 Å². The maximum absolute atomic E-state index is 13.3. The van der Waals surface area contributed by atoms with E-state index in [2.05, 4.69) is 22.2 Å². The van der Waals surface area contributed by atoms with Crippen molar-refractivity contribution < 1.29 is 18.8 Å². The Bertz CT molecular complexity index is 978. The highest BCUT2D eigenvalue weighted by atomic mass is 19.1. The van der Waals surface area contributed by atoms with Crippen LogP contribution in [0.1, 0.15) is 29.1 Å². The molecular weight excluding hydrogens is 373 g/mol. The van der Waals surface area contributed by atoms with Crippen molar-refractivity contribution in [3.05, 3.63) is 71.7 Å². The molecule has 1 atom stereocenters. The molecule has 0 bridgehead atoms. The Hall–Kier alpha value is -3.19. The van der Waals surface area contributed by atoms with Crippen LogP contribution in [0, 0.1) is 5.82 Å². The number of benzene rings is 2. The van der Waals surface area contributed by atoms with E-state index < -0.39 is 6.10 Å². The Kier molecular flexibility index (Phi) is 5.31. The lowest BCUT2D eigenvalue weighted by Crippen LogP contribution is -2.49. The van der Waals surface area contributed by atoms with Crippen LogP contribution in [0.3, 0.4) is 0 Å². The normalized spacial score (nSPS) is 15.4. The highest BCUT2D eigenvalue weighted by Crippen LogP contribution is 2.31. The average molecular weight is 395 g/mol. The number of aliphatic hydroxyl groups excluding tert-OH is 1. The van der Waals surface area contributed by atoms with Gasteiger partial charge in [0.25, 0.3) is 5.91 Å². The molecule has 1 aliphatic heterocycles. The third kappa shape index (κ3) is 3.86. The van der Waals surface area contributed by atoms with Crippen LogP contribution in [-0.4, -0.2) is 47.2 Å². The maximum atomic E-state index is 13.3. The van der Waals surface area contributed by atoms with Crippen molar-refractivity contribution in [1.29, 1.82) is 0 Å². The summed E-state index contributed by atoms with van der Waals surface area (Å²) in [7, 11) is 0. The number of nitrogens with zero attached hydrogens (tertiary/aromatic N) is 3. The summed E-state index contributed by atoms with van der Waals surface area (Å²) in [6, 6.07) is 15.8. The number of aromatic nitrogens is 1. The molecule has 6 nitrogen and oxygen atoms in total. The summed E-state index contributed by atoms with van der Waals surface area (Å²) in [4.78, 5) is 17.3. The summed E-state index contributed by atoms with van der Waals surface area (Å²) in [5.41, 5.74) is 2.24. The first-order valence-electron chi connectivity index (χ1n) is 9.57. The second kappa shape index (κ2) is 8.05. The molecule has 1 amide bonds. The van der Waals surface area contributed by atoms with Crippen molar-refractivity contribution in [3.63, 3.8) is 0 Å². The summed E-state index contributed by atoms with van der Waals surface area (Å²) in [5, 5.41) is 14.1. The molecule has 1 fully saturated rings. The van der Waals surface area contributed by atoms with Crippen molar-refractivity contribution >= 4 is 11.6 Å². The van der Waals surface area contributed by atoms with Gasteiger partial charge in [0.1, 0.15) is 23.2 Å². The Morgan fingerprint density at radius 3 is 2.34 bits per heavy atom. The van der Waals surface area contributed by atoms with Gasteiger partial charge in [0.15, 0.2) is 5.76 Å². The molecule has 1 unspecified atom stereocenters. The first-order chi connectivity index (χ1) is 14.0. The fraction of sp³-hybridized carbons (Fsp3) is 0.273. The van der Waals surface area contributed by atoms with Crippen LogP contribution in [0.2, 0.25) is 0 Å². The Labute approximate surface area is 168 Å². The molecule has 1 N–H and O–H groups in total. The number of carbonyl (C=O) groups is 1. The molecule has 0 radical (unpaired) electrons. The smallest absolute Gasteiger partial charge is 0.259 e. The number of hydrogen-bond donors (Lipinski definition) is 1. The molecule has 2 aromatic carbocycles. The molecule has 7 heteroatoms. The van der Waals surface area contributed by atoms with E-state index in [-0.39, 0.29) is 23.0 Å². The molecule has 3 aromatic rings. The van der Waals surface area contributed by atoms with Crippen LogP contribution < -0.4 is 4.90 Å². The second-order valence-electron chi connectivity index (χ2n) is 7.07. The summed E-state index contributed by atoms with van der Waals surface area (Å²) in [6.07, 6.45) is -0.985. The van der Waals surface area contributed by atoms with Gasteiger partial charge in [-0.3, -0.25) is 4.79 Å². The molecule has 29 heavy (non-hydrogen) atoms. The number of amides is 1. The van der Waals surface area contributed by atoms with Gasteiger partial charge in [0.05, 0.1) is 0 Å². The highest BCUT2D eigenvalue weighted by Gasteiger charge is 2.31. The monoisotopic (exact) mass is 395 g/mol. The first-order valence-corrected chi connectivity index (χ1v) is 9.57. The number of para-hydroxylation sites is 1. The van der Waals surface area contributed by atoms with Crippen molar-refractivity contribution in [3.8, 4) is 11.3 Å². The quantitative estimate of drug-likeness (QED) is 0.732. The van der Waals surface area contributed by atoms with E-state index >= 15 is 0 Å². The van der Waals surface area contributed by atoms with Gasteiger partial charge in [-0.1, -0.05) is 23.4 Å². The van der Waals surface area contributed by atoms with E-state index in [9.17, 15) is 14.3 Å². The largest absolute Gasteiger partial charge is 0.385 e. The summed E-state index contributed by atoms with van der Waals surface area (Å²) in [5.74, 6) is -0.494. The highest BCUT2D eigenvalue weighted by molar-refractivity contribution is 6.01. The van der Waals surface area contributed by atoms with E-state index in [0.717, 1.165) is 5.69 Å². The second-order valence-corrected chi connectivity index (χ2v) is 7.07. The van der Waals surface area contributed by atoms with Crippen molar-refractivity contribution in [2.75, 3.05) is 31.1 Å². The number of hydrogen-bond acceptors (Lipinski definition) is 5. The zero-order chi connectivity index (χ0) is 20.4. The van der Waals surface area contributed by atoms with E-state index in [4.69, 9.17) is 4.52 Å². The van der Waals surface area contributed by atoms with Gasteiger partial charge >= 0.3 is 0 Å². The van der Waals surface area contributed by atoms with Crippen LogP contribution in [0.15, 0.2) is 59.1 Å². The van der Waals surface area contributed by atoms with Crippen LogP contribution in [0.4, 0.5) is 10.1 Å². The van der Waals surface area contributed by atoms with Gasteiger partial charge < -0.3 is 19.4 Å². The number of aliphatic hydroxyl groups is 1. The molecule has 0 saturated carbocycles. The van der Waals surface area contributed by atoms with E-state index in [1.807, 2.05) is 18.2 Å². The lowest BCUT2D eigenvalue weighted by Gasteiger charge is -2.36. The topological polar surface area (TPSA) is 69.8 Å². The third-order valence-corrected chi connectivity index (χ3v) is 5.12. The molecular formula is C22H22FN3O3. The van der Waals surface area contributed by atoms with E-state index in [1.165, 1.54) is 19.1 Å². The van der Waals surface area contributed by atoms with Crippen molar-refractivity contribution in [2.45, 2.75) is 13.0 Å². The SMILES string of the molecule is CC(O)c1onc(-c2ccc(F)cc2)c1C(=O)N1CCN(c2ccccc2)CC1. The van der Waals surface area contributed by atoms with Crippen LogP contribution in [-0.2, 0) is 0 Å². The summed E-state index contributed by atoms with van der Waals surface area (Å²) >= 11 is 0. The number of carbonyl (C=O) groups excluding carboxylic acids is 1. The van der Waals surface area contributed by atoms with Crippen LogP contribution >= 0.6 is 0 Å². The zero-order valence-electron chi connectivity index (χ0n) is 16.1. The van der Waals surface area contributed by atoms with E-state index in [1.54, 1.807) is 17.0 Å². The minimum absolute atomic E-state index is 0.125. The standard InChI is InChI=1S/C22H22FN3O3/c1-15(27)21-19(20(24-29-21)16-7-9-17(23)10-8-16)22(28)26-13-11-25(12-14-26)18-5-3-2-4-6-18/h2-10,15,27H,11-14H2,1H3. The molecule has 2 heterocycles. The summed E-state index contributed by atoms with van der Waals surface area (Å²) in [6.45, 7) is 4.02.